The molecule has 1 aliphatic rings. The molecular weight excluding hydrogens is 278 g/mol. The normalized spacial score (nSPS) is 20.2. The Labute approximate surface area is 133 Å². The molecule has 4 heteroatoms. The Morgan fingerprint density at radius 2 is 2.00 bits per heavy atom. The van der Waals surface area contributed by atoms with Crippen LogP contribution in [0, 0.1) is 5.92 Å². The highest BCUT2D eigenvalue weighted by Gasteiger charge is 2.32. The van der Waals surface area contributed by atoms with E-state index in [2.05, 4.69) is 13.8 Å². The number of benzene rings is 1. The molecule has 22 heavy (non-hydrogen) atoms. The molecule has 0 spiro atoms. The van der Waals surface area contributed by atoms with E-state index in [0.29, 0.717) is 26.2 Å². The molecule has 1 amide bonds. The first-order valence-electron chi connectivity index (χ1n) is 8.28. The van der Waals surface area contributed by atoms with Crippen molar-refractivity contribution in [1.82, 2.24) is 4.90 Å². The van der Waals surface area contributed by atoms with E-state index in [1.165, 1.54) is 0 Å². The zero-order valence-electron chi connectivity index (χ0n) is 13.6. The quantitative estimate of drug-likeness (QED) is 0.879. The lowest BCUT2D eigenvalue weighted by Crippen LogP contribution is -2.51. The minimum Gasteiger partial charge on any atom is -0.388 e. The molecule has 1 heterocycles. The van der Waals surface area contributed by atoms with Crippen LogP contribution >= 0.6 is 0 Å². The molecule has 1 aromatic carbocycles. The van der Waals surface area contributed by atoms with Crippen molar-refractivity contribution < 1.29 is 14.6 Å². The third-order valence-electron chi connectivity index (χ3n) is 4.53. The number of ether oxygens (including phenoxy) is 1. The lowest BCUT2D eigenvalue weighted by molar-refractivity contribution is -0.145. The highest BCUT2D eigenvalue weighted by Crippen LogP contribution is 2.24. The van der Waals surface area contributed by atoms with Gasteiger partial charge >= 0.3 is 0 Å². The fraction of sp³-hybridized carbons (Fsp3) is 0.611. The Hall–Kier alpha value is -1.39. The number of rotatable bonds is 6. The van der Waals surface area contributed by atoms with Gasteiger partial charge in [-0.3, -0.25) is 4.79 Å². The Balaban J connectivity index is 2.05. The maximum atomic E-state index is 12.7. The second-order valence-electron chi connectivity index (χ2n) is 5.94. The first-order chi connectivity index (χ1) is 10.7. The highest BCUT2D eigenvalue weighted by atomic mass is 16.5. The minimum absolute atomic E-state index is 0.0444. The average Bonchev–Trinajstić information content (AvgIpc) is 2.57. The van der Waals surface area contributed by atoms with Gasteiger partial charge in [-0.1, -0.05) is 44.2 Å². The summed E-state index contributed by atoms with van der Waals surface area (Å²) in [5.74, 6) is 0.285. The van der Waals surface area contributed by atoms with Crippen LogP contribution < -0.4 is 0 Å². The van der Waals surface area contributed by atoms with Crippen LogP contribution in [0.25, 0.3) is 0 Å². The lowest BCUT2D eigenvalue weighted by Gasteiger charge is -2.38. The number of amides is 1. The molecule has 1 fully saturated rings. The van der Waals surface area contributed by atoms with Crippen LogP contribution in [0.5, 0.6) is 0 Å². The predicted molar refractivity (Wildman–Crippen MR) is 86.4 cm³/mol. The SMILES string of the molecule is CCC(CC)C(=O)N1CCOC[C@@H]1C[C@@H](O)c1ccccc1. The monoisotopic (exact) mass is 305 g/mol. The molecule has 0 unspecified atom stereocenters. The largest absolute Gasteiger partial charge is 0.388 e. The van der Waals surface area contributed by atoms with Gasteiger partial charge in [-0.2, -0.15) is 0 Å². The van der Waals surface area contributed by atoms with E-state index >= 15 is 0 Å². The summed E-state index contributed by atoms with van der Waals surface area (Å²) in [5.41, 5.74) is 0.892. The van der Waals surface area contributed by atoms with Crippen molar-refractivity contribution in [2.75, 3.05) is 19.8 Å². The van der Waals surface area contributed by atoms with Gasteiger partial charge in [0.05, 0.1) is 25.4 Å². The third-order valence-corrected chi connectivity index (χ3v) is 4.53. The van der Waals surface area contributed by atoms with Gasteiger partial charge in [0.2, 0.25) is 5.91 Å². The first kappa shape index (κ1) is 17.0. The third kappa shape index (κ3) is 4.08. The number of carbonyl (C=O) groups excluding carboxylic acids is 1. The number of aliphatic hydroxyl groups is 1. The standard InChI is InChI=1S/C18H27NO3/c1-3-14(4-2)18(21)19-10-11-22-13-16(19)12-17(20)15-8-6-5-7-9-15/h5-9,14,16-17,20H,3-4,10-13H2,1-2H3/t16-,17+/m0/s1. The molecule has 1 saturated heterocycles. The summed E-state index contributed by atoms with van der Waals surface area (Å²) < 4.78 is 5.54. The van der Waals surface area contributed by atoms with Gasteiger partial charge in [-0.15, -0.1) is 0 Å². The summed E-state index contributed by atoms with van der Waals surface area (Å²) in [6, 6.07) is 9.56. The minimum atomic E-state index is -0.565. The van der Waals surface area contributed by atoms with E-state index in [1.807, 2.05) is 35.2 Å². The number of carbonyl (C=O) groups is 1. The fourth-order valence-corrected chi connectivity index (χ4v) is 3.08. The van der Waals surface area contributed by atoms with Gasteiger partial charge in [0.1, 0.15) is 0 Å². The molecule has 1 aromatic rings. The summed E-state index contributed by atoms with van der Waals surface area (Å²) in [4.78, 5) is 14.6. The van der Waals surface area contributed by atoms with Gasteiger partial charge in [0, 0.05) is 18.9 Å². The molecule has 0 bridgehead atoms. The van der Waals surface area contributed by atoms with E-state index in [1.54, 1.807) is 0 Å². The number of nitrogens with zero attached hydrogens (tertiary/aromatic N) is 1. The Bertz CT molecular complexity index is 459. The van der Waals surface area contributed by atoms with Gasteiger partial charge in [-0.05, 0) is 18.4 Å². The second kappa shape index (κ2) is 8.30. The van der Waals surface area contributed by atoms with Crippen molar-refractivity contribution in [3.05, 3.63) is 35.9 Å². The molecule has 1 N–H and O–H groups in total. The van der Waals surface area contributed by atoms with Crippen molar-refractivity contribution in [3.8, 4) is 0 Å². The Morgan fingerprint density at radius 1 is 1.32 bits per heavy atom. The molecular formula is C18H27NO3. The van der Waals surface area contributed by atoms with Gasteiger partial charge in [0.15, 0.2) is 0 Å². The van der Waals surface area contributed by atoms with Gasteiger partial charge in [-0.25, -0.2) is 0 Å². The number of morpholine rings is 1. The average molecular weight is 305 g/mol. The lowest BCUT2D eigenvalue weighted by atomic mass is 9.97. The van der Waals surface area contributed by atoms with Gasteiger partial charge < -0.3 is 14.7 Å². The Morgan fingerprint density at radius 3 is 2.64 bits per heavy atom. The highest BCUT2D eigenvalue weighted by molar-refractivity contribution is 5.79. The summed E-state index contributed by atoms with van der Waals surface area (Å²) >= 11 is 0. The maximum absolute atomic E-state index is 12.7. The van der Waals surface area contributed by atoms with Crippen LogP contribution in [0.4, 0.5) is 0 Å². The first-order valence-corrected chi connectivity index (χ1v) is 8.28. The van der Waals surface area contributed by atoms with Crippen LogP contribution in [0.1, 0.15) is 44.8 Å². The zero-order valence-corrected chi connectivity index (χ0v) is 13.6. The molecule has 0 radical (unpaired) electrons. The van der Waals surface area contributed by atoms with Crippen molar-refractivity contribution in [2.24, 2.45) is 5.92 Å². The summed E-state index contributed by atoms with van der Waals surface area (Å²) in [7, 11) is 0. The van der Waals surface area contributed by atoms with Crippen molar-refractivity contribution >= 4 is 5.91 Å². The Kier molecular flexibility index (Phi) is 6.40. The molecule has 2 rings (SSSR count). The molecule has 0 aliphatic carbocycles. The van der Waals surface area contributed by atoms with Crippen LogP contribution in [0.2, 0.25) is 0 Å². The van der Waals surface area contributed by atoms with Crippen molar-refractivity contribution in [2.45, 2.75) is 45.3 Å². The summed E-state index contributed by atoms with van der Waals surface area (Å²) in [6.45, 7) is 5.84. The van der Waals surface area contributed by atoms with E-state index in [4.69, 9.17) is 4.74 Å². The zero-order chi connectivity index (χ0) is 15.9. The van der Waals surface area contributed by atoms with E-state index in [-0.39, 0.29) is 17.9 Å². The maximum Gasteiger partial charge on any atom is 0.226 e. The molecule has 4 nitrogen and oxygen atoms in total. The molecule has 0 aromatic heterocycles. The molecule has 0 saturated carbocycles. The van der Waals surface area contributed by atoms with E-state index in [9.17, 15) is 9.90 Å². The van der Waals surface area contributed by atoms with Crippen molar-refractivity contribution in [1.29, 1.82) is 0 Å². The summed E-state index contributed by atoms with van der Waals surface area (Å²) in [5, 5.41) is 10.4. The second-order valence-corrected chi connectivity index (χ2v) is 5.94. The number of aliphatic hydroxyl groups excluding tert-OH is 1. The number of hydrogen-bond donors (Lipinski definition) is 1. The van der Waals surface area contributed by atoms with Crippen LogP contribution in [0.3, 0.4) is 0 Å². The van der Waals surface area contributed by atoms with Crippen molar-refractivity contribution in [3.63, 3.8) is 0 Å². The van der Waals surface area contributed by atoms with Crippen LogP contribution in [-0.4, -0.2) is 41.7 Å². The smallest absolute Gasteiger partial charge is 0.226 e. The predicted octanol–water partition coefficient (Wildman–Crippen LogP) is 2.77. The number of hydrogen-bond acceptors (Lipinski definition) is 3. The fourth-order valence-electron chi connectivity index (χ4n) is 3.08. The van der Waals surface area contributed by atoms with Crippen LogP contribution in [-0.2, 0) is 9.53 Å². The molecule has 1 aliphatic heterocycles. The topological polar surface area (TPSA) is 49.8 Å². The molecule has 2 atom stereocenters. The van der Waals surface area contributed by atoms with E-state index in [0.717, 1.165) is 18.4 Å². The van der Waals surface area contributed by atoms with E-state index < -0.39 is 6.10 Å². The van der Waals surface area contributed by atoms with Gasteiger partial charge in [0.25, 0.3) is 0 Å². The van der Waals surface area contributed by atoms with Crippen LogP contribution in [0.15, 0.2) is 30.3 Å². The summed E-state index contributed by atoms with van der Waals surface area (Å²) in [6.07, 6.45) is 1.68. The molecule has 122 valence electrons.